The van der Waals surface area contributed by atoms with Crippen LogP contribution in [-0.4, -0.2) is 83.1 Å². The van der Waals surface area contributed by atoms with Crippen molar-refractivity contribution in [3.63, 3.8) is 0 Å². The summed E-state index contributed by atoms with van der Waals surface area (Å²) < 4.78 is 16.6. The van der Waals surface area contributed by atoms with Gasteiger partial charge in [-0.2, -0.15) is 0 Å². The van der Waals surface area contributed by atoms with Gasteiger partial charge in [0.15, 0.2) is 11.5 Å². The van der Waals surface area contributed by atoms with Gasteiger partial charge in [0.05, 0.1) is 26.2 Å². The minimum atomic E-state index is -0.923. The van der Waals surface area contributed by atoms with E-state index < -0.39 is 23.8 Å². The number of fused-ring (bicyclic) bond motifs is 1. The molecule has 2 aliphatic heterocycles. The van der Waals surface area contributed by atoms with E-state index >= 15 is 0 Å². The molecule has 0 spiro atoms. The highest BCUT2D eigenvalue weighted by Crippen LogP contribution is 2.47. The van der Waals surface area contributed by atoms with E-state index in [-0.39, 0.29) is 19.2 Å². The third-order valence-electron chi connectivity index (χ3n) is 6.92. The second kappa shape index (κ2) is 12.9. The maximum atomic E-state index is 13.3. The van der Waals surface area contributed by atoms with Crippen LogP contribution in [0.5, 0.6) is 17.2 Å². The van der Waals surface area contributed by atoms with Crippen LogP contribution in [0.15, 0.2) is 30.6 Å². The Kier molecular flexibility index (Phi) is 9.35. The number of hydrogen-bond acceptors (Lipinski definition) is 9. The van der Waals surface area contributed by atoms with Gasteiger partial charge >= 0.3 is 5.97 Å². The number of aryl methyl sites for hydroxylation is 1. The Bertz CT molecular complexity index is 1100. The summed E-state index contributed by atoms with van der Waals surface area (Å²) in [6.45, 7) is 5.38. The number of likely N-dealkylation sites (tertiary alicyclic amines) is 1. The molecule has 206 valence electrons. The van der Waals surface area contributed by atoms with E-state index in [1.165, 1.54) is 12.2 Å². The highest BCUT2D eigenvalue weighted by molar-refractivity contribution is 5.78. The van der Waals surface area contributed by atoms with Gasteiger partial charge in [0.2, 0.25) is 12.5 Å². The molecular formula is C27H36N4O7. The van der Waals surface area contributed by atoms with Crippen molar-refractivity contribution in [1.82, 2.24) is 19.9 Å². The average molecular weight is 529 g/mol. The number of carboxylic acid groups (broad SMARTS) is 1. The molecule has 1 fully saturated rings. The Morgan fingerprint density at radius 2 is 1.97 bits per heavy atom. The van der Waals surface area contributed by atoms with E-state index in [1.807, 2.05) is 30.9 Å². The molecule has 1 saturated heterocycles. The van der Waals surface area contributed by atoms with Crippen molar-refractivity contribution in [2.45, 2.75) is 51.5 Å². The zero-order valence-corrected chi connectivity index (χ0v) is 22.2. The first kappa shape index (κ1) is 27.6. The molecule has 3 atom stereocenters. The lowest BCUT2D eigenvalue weighted by Crippen LogP contribution is -2.44. The van der Waals surface area contributed by atoms with Crippen molar-refractivity contribution in [1.29, 1.82) is 0 Å². The summed E-state index contributed by atoms with van der Waals surface area (Å²) in [7, 11) is 1.54. The molecule has 11 heteroatoms. The van der Waals surface area contributed by atoms with Crippen molar-refractivity contribution in [3.8, 4) is 17.2 Å². The lowest BCUT2D eigenvalue weighted by atomic mass is 9.83. The van der Waals surface area contributed by atoms with Crippen molar-refractivity contribution >= 4 is 11.9 Å². The number of methoxy groups -OCH3 is 1. The molecule has 1 amide bonds. The first-order valence-electron chi connectivity index (χ1n) is 13.1. The summed E-state index contributed by atoms with van der Waals surface area (Å²) >= 11 is 0. The fourth-order valence-electron chi connectivity index (χ4n) is 5.21. The van der Waals surface area contributed by atoms with E-state index in [2.05, 4.69) is 9.97 Å². The van der Waals surface area contributed by atoms with Crippen LogP contribution in [0.1, 0.15) is 50.4 Å². The summed E-state index contributed by atoms with van der Waals surface area (Å²) in [6.07, 6.45) is 5.84. The van der Waals surface area contributed by atoms with Crippen LogP contribution >= 0.6 is 0 Å². The molecule has 0 radical (unpaired) electrons. The van der Waals surface area contributed by atoms with Gasteiger partial charge in [-0.25, -0.2) is 15.0 Å². The highest BCUT2D eigenvalue weighted by Gasteiger charge is 2.47. The second-order valence-electron chi connectivity index (χ2n) is 9.46. The number of aliphatic carboxylic acids is 1. The number of ether oxygens (including phenoxy) is 3. The summed E-state index contributed by atoms with van der Waals surface area (Å²) in [4.78, 5) is 42.3. The number of hydroxylamine groups is 2. The van der Waals surface area contributed by atoms with Crippen LogP contribution in [0.25, 0.3) is 0 Å². The first-order valence-corrected chi connectivity index (χ1v) is 13.1. The van der Waals surface area contributed by atoms with Crippen molar-refractivity contribution in [2.75, 3.05) is 40.1 Å². The van der Waals surface area contributed by atoms with E-state index in [1.54, 1.807) is 18.5 Å². The number of aromatic nitrogens is 2. The zero-order chi connectivity index (χ0) is 27.1. The number of benzene rings is 1. The minimum Gasteiger partial charge on any atom is -0.493 e. The number of carbonyl (C=O) groups is 2. The number of rotatable bonds is 13. The first-order chi connectivity index (χ1) is 18.5. The molecule has 1 N–H and O–H groups in total. The van der Waals surface area contributed by atoms with Crippen LogP contribution < -0.4 is 14.2 Å². The maximum absolute atomic E-state index is 13.3. The van der Waals surface area contributed by atoms with Crippen molar-refractivity contribution < 1.29 is 33.7 Å². The Labute approximate surface area is 222 Å². The fraction of sp³-hybridized carbons (Fsp3) is 0.556. The van der Waals surface area contributed by atoms with Gasteiger partial charge in [0.25, 0.3) is 5.91 Å². The van der Waals surface area contributed by atoms with Crippen LogP contribution in [0.3, 0.4) is 0 Å². The van der Waals surface area contributed by atoms with Crippen LogP contribution in [0.2, 0.25) is 0 Å². The quantitative estimate of drug-likeness (QED) is 0.388. The predicted octanol–water partition coefficient (Wildman–Crippen LogP) is 2.90. The Hall–Kier alpha value is -3.44. The third kappa shape index (κ3) is 6.16. The molecule has 1 aromatic carbocycles. The van der Waals surface area contributed by atoms with Crippen molar-refractivity contribution in [3.05, 3.63) is 42.0 Å². The Morgan fingerprint density at radius 1 is 1.18 bits per heavy atom. The molecule has 38 heavy (non-hydrogen) atoms. The average Bonchev–Trinajstić information content (AvgIpc) is 3.54. The van der Waals surface area contributed by atoms with Crippen LogP contribution in [0, 0.1) is 5.92 Å². The third-order valence-corrected chi connectivity index (χ3v) is 6.92. The van der Waals surface area contributed by atoms with Crippen LogP contribution in [-0.2, 0) is 20.8 Å². The molecular weight excluding hydrogens is 492 g/mol. The van der Waals surface area contributed by atoms with E-state index in [0.29, 0.717) is 55.6 Å². The molecule has 2 aliphatic rings. The Morgan fingerprint density at radius 3 is 2.66 bits per heavy atom. The molecule has 2 aromatic rings. The summed E-state index contributed by atoms with van der Waals surface area (Å²) in [5.41, 5.74) is 0.766. The Balaban J connectivity index is 1.64. The lowest BCUT2D eigenvalue weighted by Gasteiger charge is -2.29. The van der Waals surface area contributed by atoms with E-state index in [4.69, 9.17) is 19.0 Å². The standard InChI is InChI=1S/C27H36N4O7/c1-4-11-31(38-12-5-2)24(32)16-30-15-19(18-13-21(35-3)26-22(14-18)36-17-37-26)25(27(33)34)20(30)7-8-23-28-9-6-10-29-23/h6,9-10,13-14,19-20,25H,4-5,7-8,11-12,15-17H2,1-3H3,(H,33,34). The van der Waals surface area contributed by atoms with Gasteiger partial charge in [-0.05, 0) is 43.0 Å². The van der Waals surface area contributed by atoms with Gasteiger partial charge in [-0.15, -0.1) is 0 Å². The lowest BCUT2D eigenvalue weighted by molar-refractivity contribution is -0.188. The van der Waals surface area contributed by atoms with Gasteiger partial charge < -0.3 is 19.3 Å². The van der Waals surface area contributed by atoms with Gasteiger partial charge in [0, 0.05) is 43.9 Å². The molecule has 1 aromatic heterocycles. The summed E-state index contributed by atoms with van der Waals surface area (Å²) in [5, 5.41) is 11.8. The van der Waals surface area contributed by atoms with Gasteiger partial charge in [0.1, 0.15) is 5.82 Å². The topological polar surface area (TPSA) is 124 Å². The summed E-state index contributed by atoms with van der Waals surface area (Å²) in [5.74, 6) is -0.125. The molecule has 3 heterocycles. The van der Waals surface area contributed by atoms with E-state index in [9.17, 15) is 14.7 Å². The van der Waals surface area contributed by atoms with Gasteiger partial charge in [-0.3, -0.25) is 19.3 Å². The zero-order valence-electron chi connectivity index (χ0n) is 22.2. The second-order valence-corrected chi connectivity index (χ2v) is 9.46. The highest BCUT2D eigenvalue weighted by atomic mass is 16.7. The molecule has 0 saturated carbocycles. The smallest absolute Gasteiger partial charge is 0.308 e. The van der Waals surface area contributed by atoms with E-state index in [0.717, 1.165) is 18.4 Å². The molecule has 0 aliphatic carbocycles. The number of hydrogen-bond donors (Lipinski definition) is 1. The number of carbonyl (C=O) groups excluding carboxylic acids is 1. The number of nitrogens with zero attached hydrogens (tertiary/aromatic N) is 4. The largest absolute Gasteiger partial charge is 0.493 e. The maximum Gasteiger partial charge on any atom is 0.308 e. The van der Waals surface area contributed by atoms with Gasteiger partial charge in [-0.1, -0.05) is 13.8 Å². The molecule has 4 rings (SSSR count). The fourth-order valence-corrected chi connectivity index (χ4v) is 5.21. The molecule has 11 nitrogen and oxygen atoms in total. The number of carboxylic acids is 1. The van der Waals surface area contributed by atoms with Crippen molar-refractivity contribution in [2.24, 2.45) is 5.92 Å². The molecule has 3 unspecified atom stereocenters. The minimum absolute atomic E-state index is 0.0476. The number of amides is 1. The molecule has 0 bridgehead atoms. The van der Waals surface area contributed by atoms with Crippen LogP contribution in [0.4, 0.5) is 0 Å². The normalized spacial score (nSPS) is 20.4. The SMILES string of the molecule is CCCON(CCC)C(=O)CN1CC(c2cc(OC)c3c(c2)OCO3)C(C(=O)O)C1CCc1ncccn1. The predicted molar refractivity (Wildman–Crippen MR) is 137 cm³/mol. The summed E-state index contributed by atoms with van der Waals surface area (Å²) in [6, 6.07) is 4.95. The monoisotopic (exact) mass is 528 g/mol.